The van der Waals surface area contributed by atoms with Gasteiger partial charge in [-0.05, 0) is 67.2 Å². The largest absolute Gasteiger partial charge is 0.481 e. The van der Waals surface area contributed by atoms with E-state index in [1.807, 2.05) is 70.2 Å². The van der Waals surface area contributed by atoms with Gasteiger partial charge in [0, 0.05) is 25.8 Å². The summed E-state index contributed by atoms with van der Waals surface area (Å²) in [7, 11) is -4.09. The number of nitrogens with zero attached hydrogens (tertiary/aromatic N) is 1. The number of ketones is 1. The van der Waals surface area contributed by atoms with Gasteiger partial charge in [0.1, 0.15) is 18.0 Å². The van der Waals surface area contributed by atoms with Crippen LogP contribution in [0.15, 0.2) is 59.5 Å². The highest BCUT2D eigenvalue weighted by atomic mass is 32.2. The van der Waals surface area contributed by atoms with E-state index in [0.717, 1.165) is 30.4 Å². The predicted molar refractivity (Wildman–Crippen MR) is 205 cm³/mol. The highest BCUT2D eigenvalue weighted by molar-refractivity contribution is 7.89. The summed E-state index contributed by atoms with van der Waals surface area (Å²) in [5.74, 6) is -2.56. The summed E-state index contributed by atoms with van der Waals surface area (Å²) in [5, 5.41) is 12.3. The number of hydrogen-bond acceptors (Lipinski definition) is 9. The molecule has 300 valence electrons. The zero-order valence-electron chi connectivity index (χ0n) is 32.5. The fourth-order valence-corrected chi connectivity index (χ4v) is 8.04. The lowest BCUT2D eigenvalue weighted by Gasteiger charge is -2.33. The quantitative estimate of drug-likeness (QED) is 0.111. The second-order valence-electron chi connectivity index (χ2n) is 14.9. The number of Topliss-reactive ketones (excluding diaryl/α,β-unsaturated/α-hetero) is 1. The van der Waals surface area contributed by atoms with Crippen molar-refractivity contribution in [1.29, 1.82) is 0 Å². The van der Waals surface area contributed by atoms with Crippen molar-refractivity contribution in [1.82, 2.24) is 9.62 Å². The third-order valence-electron chi connectivity index (χ3n) is 9.53. The molecule has 1 saturated heterocycles. The SMILES string of the molecule is CCCCc1ccc(S(=O)(=O)N(CC(C)C)CC(OC(=O)CCC(=O)CCCC(C(=O)O)C(C)C)C(Cc2ccccc2)NC(=O)OC2CCOC2)cc1. The maximum absolute atomic E-state index is 14.3. The van der Waals surface area contributed by atoms with Gasteiger partial charge in [-0.3, -0.25) is 14.4 Å². The minimum absolute atomic E-state index is 0.0741. The summed E-state index contributed by atoms with van der Waals surface area (Å²) in [6, 6.07) is 15.2. The number of sulfonamides is 1. The topological polar surface area (TPSA) is 166 Å². The molecular weight excluding hydrogens is 713 g/mol. The van der Waals surface area contributed by atoms with Gasteiger partial charge in [-0.25, -0.2) is 13.2 Å². The number of carboxylic acids is 1. The number of ether oxygens (including phenoxy) is 3. The Labute approximate surface area is 321 Å². The summed E-state index contributed by atoms with van der Waals surface area (Å²) < 4.78 is 46.9. The molecule has 3 rings (SSSR count). The molecule has 1 fully saturated rings. The van der Waals surface area contributed by atoms with Crippen LogP contribution >= 0.6 is 0 Å². The van der Waals surface area contributed by atoms with E-state index in [4.69, 9.17) is 14.2 Å². The molecule has 4 atom stereocenters. The molecule has 1 amide bonds. The Balaban J connectivity index is 1.89. The molecule has 2 N–H and O–H groups in total. The number of alkyl carbamates (subject to hydrolysis) is 1. The molecule has 4 unspecified atom stereocenters. The Hall–Kier alpha value is -3.81. The van der Waals surface area contributed by atoms with Gasteiger partial charge in [0.2, 0.25) is 10.0 Å². The first-order valence-electron chi connectivity index (χ1n) is 19.3. The average Bonchev–Trinajstić information content (AvgIpc) is 3.63. The lowest BCUT2D eigenvalue weighted by molar-refractivity contribution is -0.152. The van der Waals surface area contributed by atoms with E-state index in [0.29, 0.717) is 25.9 Å². The predicted octanol–water partition coefficient (Wildman–Crippen LogP) is 6.59. The monoisotopic (exact) mass is 772 g/mol. The lowest BCUT2D eigenvalue weighted by Crippen LogP contribution is -2.53. The van der Waals surface area contributed by atoms with E-state index < -0.39 is 52.2 Å². The highest BCUT2D eigenvalue weighted by Gasteiger charge is 2.35. The van der Waals surface area contributed by atoms with Gasteiger partial charge in [0.25, 0.3) is 0 Å². The van der Waals surface area contributed by atoms with Crippen LogP contribution < -0.4 is 5.32 Å². The van der Waals surface area contributed by atoms with E-state index in [1.54, 1.807) is 12.1 Å². The number of carboxylic acid groups (broad SMARTS) is 1. The molecule has 0 radical (unpaired) electrons. The second-order valence-corrected chi connectivity index (χ2v) is 16.9. The number of aliphatic carboxylic acids is 1. The van der Waals surface area contributed by atoms with Gasteiger partial charge in [0.05, 0.1) is 43.0 Å². The first-order valence-corrected chi connectivity index (χ1v) is 20.7. The number of unbranched alkanes of at least 4 members (excludes halogenated alkanes) is 1. The van der Waals surface area contributed by atoms with E-state index in [1.165, 1.54) is 4.31 Å². The molecule has 0 spiro atoms. The van der Waals surface area contributed by atoms with Crippen molar-refractivity contribution in [2.45, 2.75) is 122 Å². The maximum Gasteiger partial charge on any atom is 0.407 e. The molecule has 54 heavy (non-hydrogen) atoms. The summed E-state index contributed by atoms with van der Waals surface area (Å²) in [6.07, 6.45) is 1.68. The normalized spacial score (nSPS) is 16.3. The minimum Gasteiger partial charge on any atom is -0.481 e. The van der Waals surface area contributed by atoms with Crippen LogP contribution in [0.5, 0.6) is 0 Å². The molecule has 0 bridgehead atoms. The number of esters is 1. The molecule has 12 nitrogen and oxygen atoms in total. The van der Waals surface area contributed by atoms with Crippen molar-refractivity contribution < 1.29 is 46.9 Å². The average molecular weight is 773 g/mol. The van der Waals surface area contributed by atoms with Crippen LogP contribution in [0.2, 0.25) is 0 Å². The Morgan fingerprint density at radius 1 is 0.926 bits per heavy atom. The molecule has 1 heterocycles. The summed E-state index contributed by atoms with van der Waals surface area (Å²) in [5.41, 5.74) is 1.85. The first-order chi connectivity index (χ1) is 25.7. The number of rotatable bonds is 24. The number of aryl methyl sites for hydroxylation is 1. The summed E-state index contributed by atoms with van der Waals surface area (Å²) >= 11 is 0. The smallest absolute Gasteiger partial charge is 0.407 e. The Kier molecular flexibility index (Phi) is 18.6. The lowest BCUT2D eigenvalue weighted by atomic mass is 9.90. The van der Waals surface area contributed by atoms with Gasteiger partial charge >= 0.3 is 18.0 Å². The molecular formula is C41H60N2O10S. The number of hydrogen-bond donors (Lipinski definition) is 2. The van der Waals surface area contributed by atoms with E-state index in [9.17, 15) is 32.7 Å². The third-order valence-corrected chi connectivity index (χ3v) is 11.4. The van der Waals surface area contributed by atoms with Crippen LogP contribution in [0.4, 0.5) is 4.79 Å². The highest BCUT2D eigenvalue weighted by Crippen LogP contribution is 2.23. The van der Waals surface area contributed by atoms with Crippen LogP contribution in [0.25, 0.3) is 0 Å². The van der Waals surface area contributed by atoms with Crippen molar-refractivity contribution >= 4 is 33.8 Å². The Morgan fingerprint density at radius 2 is 1.63 bits per heavy atom. The molecule has 0 aromatic heterocycles. The second kappa shape index (κ2) is 22.5. The molecule has 13 heteroatoms. The molecule has 0 aliphatic carbocycles. The fraction of sp³-hybridized carbons (Fsp3) is 0.610. The summed E-state index contributed by atoms with van der Waals surface area (Å²) in [4.78, 5) is 51.2. The van der Waals surface area contributed by atoms with Crippen LogP contribution in [-0.2, 0) is 51.5 Å². The van der Waals surface area contributed by atoms with Gasteiger partial charge < -0.3 is 24.6 Å². The number of amides is 1. The van der Waals surface area contributed by atoms with Crippen LogP contribution in [-0.4, -0.2) is 86.2 Å². The van der Waals surface area contributed by atoms with Crippen molar-refractivity contribution in [2.24, 2.45) is 17.8 Å². The fourth-order valence-electron chi connectivity index (χ4n) is 6.42. The molecule has 1 aliphatic rings. The third kappa shape index (κ3) is 15.1. The zero-order valence-corrected chi connectivity index (χ0v) is 33.4. The first kappa shape index (κ1) is 44.6. The maximum atomic E-state index is 14.3. The van der Waals surface area contributed by atoms with Crippen molar-refractivity contribution in [3.63, 3.8) is 0 Å². The standard InChI is InChI=1S/C41H60N2O10S/c1-6-7-12-31-17-20-35(21-18-31)54(49,50)43(26-29(2)3)27-38(53-39(45)22-19-33(44)15-11-16-36(30(4)5)40(46)47)37(25-32-13-9-8-10-14-32)42-41(48)52-34-23-24-51-28-34/h8-10,13-14,17-18,20-21,29-30,34,36-38H,6-7,11-12,15-16,19,22-28H2,1-5H3,(H,42,48)(H,46,47). The zero-order chi connectivity index (χ0) is 39.7. The number of carbonyl (C=O) groups excluding carboxylic acids is 3. The van der Waals surface area contributed by atoms with Crippen molar-refractivity contribution in [3.8, 4) is 0 Å². The van der Waals surface area contributed by atoms with E-state index in [-0.39, 0.29) is 67.9 Å². The van der Waals surface area contributed by atoms with E-state index >= 15 is 0 Å². The van der Waals surface area contributed by atoms with Crippen molar-refractivity contribution in [2.75, 3.05) is 26.3 Å². The molecule has 0 saturated carbocycles. The minimum atomic E-state index is -4.09. The number of benzene rings is 2. The van der Waals surface area contributed by atoms with Crippen LogP contribution in [0.1, 0.15) is 97.1 Å². The molecule has 1 aliphatic heterocycles. The van der Waals surface area contributed by atoms with Gasteiger partial charge in [-0.2, -0.15) is 4.31 Å². The molecule has 2 aromatic rings. The summed E-state index contributed by atoms with van der Waals surface area (Å²) in [6.45, 7) is 10.1. The van der Waals surface area contributed by atoms with Crippen molar-refractivity contribution in [3.05, 3.63) is 65.7 Å². The number of carbonyl (C=O) groups is 4. The molecule has 2 aromatic carbocycles. The van der Waals surface area contributed by atoms with Gasteiger partial charge in [0.15, 0.2) is 0 Å². The Morgan fingerprint density at radius 3 is 2.22 bits per heavy atom. The van der Waals surface area contributed by atoms with Crippen LogP contribution in [0, 0.1) is 17.8 Å². The van der Waals surface area contributed by atoms with Gasteiger partial charge in [-0.1, -0.05) is 83.5 Å². The number of nitrogens with one attached hydrogen (secondary N) is 1. The van der Waals surface area contributed by atoms with Gasteiger partial charge in [-0.15, -0.1) is 0 Å². The Bertz CT molecular complexity index is 1570. The van der Waals surface area contributed by atoms with E-state index in [2.05, 4.69) is 12.2 Å². The van der Waals surface area contributed by atoms with Crippen LogP contribution in [0.3, 0.4) is 0 Å².